The van der Waals surface area contributed by atoms with E-state index in [-0.39, 0.29) is 61.4 Å². The minimum absolute atomic E-state index is 0.00531. The average molecular weight is 1560 g/mol. The van der Waals surface area contributed by atoms with Crippen LogP contribution >= 0.6 is 0 Å². The van der Waals surface area contributed by atoms with Crippen molar-refractivity contribution in [1.82, 2.24) is 73.0 Å². The van der Waals surface area contributed by atoms with Crippen LogP contribution in [0, 0.1) is 5.41 Å². The van der Waals surface area contributed by atoms with Crippen LogP contribution in [-0.4, -0.2) is 191 Å². The molecule has 114 heavy (non-hydrogen) atoms. The molecule has 0 radical (unpaired) electrons. The third-order valence-corrected chi connectivity index (χ3v) is 19.1. The molecule has 6 aromatic carbocycles. The molecule has 3 heterocycles. The molecular weight excluding hydrogens is 1470 g/mol. The van der Waals surface area contributed by atoms with Crippen LogP contribution in [0.25, 0.3) is 22.0 Å². The maximum atomic E-state index is 16.0. The number of nitrogens with zero attached hydrogens (tertiary/aromatic N) is 2. The number of primary amides is 2. The van der Waals surface area contributed by atoms with E-state index in [9.17, 15) is 44.1 Å². The number of carboxylic acid groups (broad SMARTS) is 1. The monoisotopic (exact) mass is 1560 g/mol. The number of guanidine groups is 1. The molecule has 0 bridgehead atoms. The fourth-order valence-corrected chi connectivity index (χ4v) is 13.0. The van der Waals surface area contributed by atoms with Gasteiger partial charge in [0.2, 0.25) is 76.5 Å². The summed E-state index contributed by atoms with van der Waals surface area (Å²) in [6.45, 7) is 1.89. The predicted molar refractivity (Wildman–Crippen MR) is 414 cm³/mol. The lowest BCUT2D eigenvalue weighted by molar-refractivity contribution is -0.168. The highest BCUT2D eigenvalue weighted by molar-refractivity contribution is 6.02. The maximum absolute atomic E-state index is 16.0. The van der Waals surface area contributed by atoms with Crippen LogP contribution in [0.15, 0.2) is 176 Å². The van der Waals surface area contributed by atoms with Crippen LogP contribution in [0.5, 0.6) is 11.5 Å². The molecule has 0 saturated carbocycles. The third-order valence-electron chi connectivity index (χ3n) is 19.1. The summed E-state index contributed by atoms with van der Waals surface area (Å²) in [5, 5.41) is 65.9. The number of carbonyl (C=O) groups excluding carboxylic acids is 12. The summed E-state index contributed by atoms with van der Waals surface area (Å²) in [7, 11) is 0. The van der Waals surface area contributed by atoms with Crippen molar-refractivity contribution < 1.29 is 77.6 Å². The Labute approximate surface area is 653 Å². The Morgan fingerprint density at radius 1 is 0.570 bits per heavy atom. The summed E-state index contributed by atoms with van der Waals surface area (Å²) in [5.74, 6) is -17.6. The molecule has 24 N–H and O–H groups in total. The van der Waals surface area contributed by atoms with Crippen molar-refractivity contribution in [2.45, 2.75) is 144 Å². The van der Waals surface area contributed by atoms with Gasteiger partial charge in [0.25, 0.3) is 0 Å². The van der Waals surface area contributed by atoms with Gasteiger partial charge in [-0.1, -0.05) is 127 Å². The number of hydrogen-bond acceptors (Lipinski definition) is 18. The molecule has 1 fully saturated rings. The van der Waals surface area contributed by atoms with Crippen molar-refractivity contribution in [3.8, 4) is 22.6 Å². The van der Waals surface area contributed by atoms with Crippen molar-refractivity contribution >= 4 is 93.7 Å². The average Bonchev–Trinajstić information content (AvgIpc) is 1.40. The first kappa shape index (κ1) is 84.0. The number of phenols is 2. The van der Waals surface area contributed by atoms with Gasteiger partial charge in [0.05, 0.1) is 25.2 Å². The Balaban J connectivity index is 1.21. The zero-order valence-electron chi connectivity index (χ0n) is 62.1. The number of aromatic hydroxyl groups is 2. The molecule has 35 nitrogen and oxygen atoms in total. The molecule has 0 aliphatic carbocycles. The Morgan fingerprint density at radius 3 is 1.66 bits per heavy atom. The molecular formula is C79H91N19O16. The Hall–Kier alpha value is -14.0. The van der Waals surface area contributed by atoms with Crippen molar-refractivity contribution in [3.05, 3.63) is 210 Å². The summed E-state index contributed by atoms with van der Waals surface area (Å²) < 4.78 is 0. The molecule has 1 unspecified atom stereocenters. The van der Waals surface area contributed by atoms with Crippen LogP contribution in [0.1, 0.15) is 73.0 Å². The lowest BCUT2D eigenvalue weighted by atomic mass is 9.97. The summed E-state index contributed by atoms with van der Waals surface area (Å²) in [6.07, 6.45) is -1.07. The highest BCUT2D eigenvalue weighted by atomic mass is 16.4. The second-order valence-corrected chi connectivity index (χ2v) is 27.7. The molecule has 12 amide bonds. The van der Waals surface area contributed by atoms with E-state index < -0.39 is 181 Å². The smallest absolute Gasteiger partial charge is 0.350 e. The van der Waals surface area contributed by atoms with Gasteiger partial charge in [-0.2, -0.15) is 0 Å². The maximum Gasteiger partial charge on any atom is 0.350 e. The van der Waals surface area contributed by atoms with Crippen molar-refractivity contribution in [2.75, 3.05) is 6.54 Å². The van der Waals surface area contributed by atoms with E-state index in [0.717, 1.165) is 25.0 Å². The number of hydrogen-bond donors (Lipinski definition) is 20. The minimum Gasteiger partial charge on any atom is -0.508 e. The molecule has 2 aromatic heterocycles. The molecule has 1 saturated heterocycles. The number of carbonyl (C=O) groups is 13. The molecule has 1 aliphatic heterocycles. The van der Waals surface area contributed by atoms with Crippen LogP contribution in [-0.2, 0) is 101 Å². The van der Waals surface area contributed by atoms with Crippen molar-refractivity contribution in [2.24, 2.45) is 22.9 Å². The first-order valence-corrected chi connectivity index (χ1v) is 36.4. The lowest BCUT2D eigenvalue weighted by Gasteiger charge is -2.43. The number of carboxylic acids is 1. The fraction of sp³-hybridized carbons (Fsp3) is 0.304. The first-order valence-electron chi connectivity index (χ1n) is 36.4. The van der Waals surface area contributed by atoms with E-state index >= 15 is 33.6 Å². The minimum atomic E-state index is -3.20. The second-order valence-electron chi connectivity index (χ2n) is 27.7. The highest BCUT2D eigenvalue weighted by Gasteiger charge is 2.51. The molecule has 1 aliphatic rings. The van der Waals surface area contributed by atoms with Gasteiger partial charge < -0.3 is 101 Å². The summed E-state index contributed by atoms with van der Waals surface area (Å²) in [5.41, 5.74) is 24.9. The van der Waals surface area contributed by atoms with Crippen molar-refractivity contribution in [3.63, 3.8) is 0 Å². The summed E-state index contributed by atoms with van der Waals surface area (Å²) >= 11 is 0. The lowest BCUT2D eigenvalue weighted by Crippen LogP contribution is -2.72. The molecule has 9 rings (SSSR count). The zero-order valence-corrected chi connectivity index (χ0v) is 62.1. The number of imidazole rings is 1. The van der Waals surface area contributed by atoms with Gasteiger partial charge in [-0.15, -0.1) is 0 Å². The van der Waals surface area contributed by atoms with E-state index in [1.807, 2.05) is 30.3 Å². The Morgan fingerprint density at radius 2 is 1.07 bits per heavy atom. The van der Waals surface area contributed by atoms with Gasteiger partial charge in [-0.25, -0.2) is 9.78 Å². The standard InChI is InChI=1S/C79H91N19O16/c1-43-68(104)91-59(33-44-12-5-3-6-13-44)76(112)97-79(2,77(113)114)98(64(67(82)103)35-47-23-29-53(100)30-24-47)66(102)39-63(92-69(105)55(80)32-45-21-27-52(99)28-22-45)75(111)95-61(37-51-41-85-42-88-51)74(110)93-58(34-46-19-25-49(26-20-46)48-14-7-4-8-15-48)72(108)90-57(18-11-31-86-78(83)84)70(106)94-60(36-50-40-87-56-17-10-9-16-54(50)56)73(109)96-62(38-65(81)101)71(107)89-43/h3-10,12-17,19-30,40-43,55,57-64,87,99-100H,11,18,31-39,80H2,1-2H3,(H2,81,101)(H2,82,103)(H,85,88)(H,89,107)(H,90,108)(H,91,104)(H,92,105)(H,93,110)(H,94,106)(H,95,111)(H,96,109)(H,97,112)(H,113,114)(H4,83,84,86)/t43-,55-,57-,58+,59-,60-,61-,62-,63-,64-,79?/m0/s1. The Bertz CT molecular complexity index is 4780. The topological polar surface area (TPSA) is 579 Å². The van der Waals surface area contributed by atoms with Crippen molar-refractivity contribution in [1.29, 1.82) is 5.41 Å². The first-order chi connectivity index (χ1) is 54.4. The molecule has 35 heteroatoms. The number of aromatic amines is 2. The summed E-state index contributed by atoms with van der Waals surface area (Å²) in [6, 6.07) is 23.0. The second kappa shape index (κ2) is 39.1. The number of benzene rings is 6. The van der Waals surface area contributed by atoms with Gasteiger partial charge in [0, 0.05) is 67.6 Å². The zero-order chi connectivity index (χ0) is 82.3. The van der Waals surface area contributed by atoms with Gasteiger partial charge in [0.15, 0.2) is 5.96 Å². The molecule has 0 spiro atoms. The van der Waals surface area contributed by atoms with Crippen LogP contribution in [0.4, 0.5) is 0 Å². The number of aliphatic carboxylic acids is 1. The number of nitrogens with one attached hydrogen (secondary N) is 13. The predicted octanol–water partition coefficient (Wildman–Crippen LogP) is -0.907. The number of amides is 12. The van der Waals surface area contributed by atoms with E-state index in [2.05, 4.69) is 68.1 Å². The van der Waals surface area contributed by atoms with Crippen LogP contribution in [0.3, 0.4) is 0 Å². The van der Waals surface area contributed by atoms with Gasteiger partial charge in [0.1, 0.15) is 65.9 Å². The molecule has 8 aromatic rings. The SMILES string of the molecule is C[C@@H]1NC(=O)[C@H](CC(N)=O)NC(=O)[C@H](Cc2c[nH]c3ccccc23)NC(=O)[C@H](CCCNC(=N)N)NC(=O)[C@@H](Cc2ccc(-c3ccccc3)cc2)NC(=O)[C@H](Cc2cnc[nH]2)NC(=O)[C@@H](NC(=O)[C@@H](N)Cc2ccc(O)cc2)CC(=O)N([C@@H](Cc2ccc(O)cc2)C(N)=O)C(C)(C(=O)O)NC(=O)[C@H](Cc2ccccc2)NC1=O. The molecule has 11 atom stereocenters. The number of nitrogens with two attached hydrogens (primary N) is 4. The van der Waals surface area contributed by atoms with Gasteiger partial charge in [-0.05, 0) is 102 Å². The van der Waals surface area contributed by atoms with E-state index in [1.54, 1.807) is 72.9 Å². The Kier molecular flexibility index (Phi) is 28.8. The molecule has 598 valence electrons. The number of fused-ring (bicyclic) bond motifs is 1. The number of rotatable bonds is 24. The van der Waals surface area contributed by atoms with Crippen LogP contribution in [0.2, 0.25) is 0 Å². The third kappa shape index (κ3) is 23.3. The van der Waals surface area contributed by atoms with E-state index in [4.69, 9.17) is 28.3 Å². The van der Waals surface area contributed by atoms with Crippen LogP contribution < -0.4 is 76.1 Å². The van der Waals surface area contributed by atoms with Gasteiger partial charge >= 0.3 is 5.97 Å². The number of phenolic OH excluding ortho intramolecular Hbond substituents is 2. The van der Waals surface area contributed by atoms with Gasteiger partial charge in [-0.3, -0.25) is 67.8 Å². The number of para-hydroxylation sites is 1. The van der Waals surface area contributed by atoms with E-state index in [0.29, 0.717) is 38.1 Å². The number of H-pyrrole nitrogens is 2. The normalized spacial score (nSPS) is 21.3. The summed E-state index contributed by atoms with van der Waals surface area (Å²) in [4.78, 5) is 204. The quantitative estimate of drug-likeness (QED) is 0.0198. The highest BCUT2D eigenvalue weighted by Crippen LogP contribution is 2.26. The fourth-order valence-electron chi connectivity index (χ4n) is 13.0. The largest absolute Gasteiger partial charge is 0.508 e. The number of aromatic nitrogens is 3. The van der Waals surface area contributed by atoms with E-state index in [1.165, 1.54) is 73.2 Å².